The molecule has 0 aliphatic rings. The van der Waals surface area contributed by atoms with Crippen molar-refractivity contribution in [3.05, 3.63) is 29.8 Å². The van der Waals surface area contributed by atoms with Crippen LogP contribution >= 0.6 is 0 Å². The van der Waals surface area contributed by atoms with Crippen LogP contribution < -0.4 is 0 Å². The standard InChI is InChI=1S/C10H12O3.Na/c1-7(2)13-10(12)8-5-3-4-6-9(8)11;/h3-7,11H,1-2H3;. The summed E-state index contributed by atoms with van der Waals surface area (Å²) in [5.74, 6) is -0.541. The summed E-state index contributed by atoms with van der Waals surface area (Å²) < 4.78 is 4.92. The van der Waals surface area contributed by atoms with E-state index in [0.29, 0.717) is 0 Å². The molecule has 1 aromatic carbocycles. The molecular formula is C10H12NaO3. The Morgan fingerprint density at radius 3 is 2.43 bits per heavy atom. The number of hydrogen-bond donors (Lipinski definition) is 1. The fraction of sp³-hybridized carbons (Fsp3) is 0.300. The summed E-state index contributed by atoms with van der Waals surface area (Å²) in [5.41, 5.74) is 0.205. The van der Waals surface area contributed by atoms with Crippen molar-refractivity contribution in [2.75, 3.05) is 0 Å². The normalized spacial score (nSPS) is 9.36. The number of esters is 1. The van der Waals surface area contributed by atoms with Crippen molar-refractivity contribution in [1.29, 1.82) is 0 Å². The third-order valence-electron chi connectivity index (χ3n) is 1.47. The molecule has 0 aliphatic carbocycles. The summed E-state index contributed by atoms with van der Waals surface area (Å²) in [4.78, 5) is 11.3. The Morgan fingerprint density at radius 2 is 1.93 bits per heavy atom. The molecule has 1 N–H and O–H groups in total. The van der Waals surface area contributed by atoms with Crippen molar-refractivity contribution in [2.45, 2.75) is 20.0 Å². The Labute approximate surface area is 105 Å². The zero-order valence-electron chi connectivity index (χ0n) is 8.65. The van der Waals surface area contributed by atoms with Crippen molar-refractivity contribution in [3.63, 3.8) is 0 Å². The van der Waals surface area contributed by atoms with Crippen LogP contribution in [0.5, 0.6) is 5.75 Å². The van der Waals surface area contributed by atoms with Crippen molar-refractivity contribution in [3.8, 4) is 5.75 Å². The number of phenolic OH excluding ortho intramolecular Hbond substituents is 1. The van der Waals surface area contributed by atoms with Crippen LogP contribution in [0.25, 0.3) is 0 Å². The molecule has 1 aromatic rings. The molecule has 4 heteroatoms. The number of phenols is 1. The largest absolute Gasteiger partial charge is 0.507 e. The van der Waals surface area contributed by atoms with Gasteiger partial charge in [-0.1, -0.05) is 12.1 Å². The van der Waals surface area contributed by atoms with Gasteiger partial charge in [0.25, 0.3) is 0 Å². The molecule has 0 bridgehead atoms. The van der Waals surface area contributed by atoms with E-state index in [1.54, 1.807) is 26.0 Å². The summed E-state index contributed by atoms with van der Waals surface area (Å²) in [5, 5.41) is 9.29. The number of rotatable bonds is 2. The van der Waals surface area contributed by atoms with Gasteiger partial charge in [-0.2, -0.15) is 0 Å². The van der Waals surface area contributed by atoms with Gasteiger partial charge >= 0.3 is 5.97 Å². The minimum absolute atomic E-state index is 0. The van der Waals surface area contributed by atoms with Crippen LogP contribution in [-0.4, -0.2) is 46.7 Å². The van der Waals surface area contributed by atoms with Crippen molar-refractivity contribution in [2.24, 2.45) is 0 Å². The summed E-state index contributed by atoms with van der Waals surface area (Å²) in [6.07, 6.45) is -0.174. The van der Waals surface area contributed by atoms with E-state index in [2.05, 4.69) is 0 Å². The first-order valence-electron chi connectivity index (χ1n) is 4.10. The molecule has 3 nitrogen and oxygen atoms in total. The van der Waals surface area contributed by atoms with Gasteiger partial charge in [-0.15, -0.1) is 0 Å². The van der Waals surface area contributed by atoms with E-state index >= 15 is 0 Å². The van der Waals surface area contributed by atoms with E-state index in [4.69, 9.17) is 4.74 Å². The summed E-state index contributed by atoms with van der Waals surface area (Å²) in [6.45, 7) is 3.52. The molecular weight excluding hydrogens is 191 g/mol. The molecule has 0 unspecified atom stereocenters. The number of benzene rings is 1. The molecule has 0 fully saturated rings. The first kappa shape index (κ1) is 13.5. The zero-order chi connectivity index (χ0) is 9.84. The van der Waals surface area contributed by atoms with Gasteiger partial charge in [0.2, 0.25) is 0 Å². The van der Waals surface area contributed by atoms with Crippen LogP contribution in [0.4, 0.5) is 0 Å². The maximum Gasteiger partial charge on any atom is 0.342 e. The maximum atomic E-state index is 11.3. The predicted molar refractivity (Wildman–Crippen MR) is 54.4 cm³/mol. The van der Waals surface area contributed by atoms with E-state index in [-0.39, 0.29) is 47.0 Å². The number of aromatic hydroxyl groups is 1. The maximum absolute atomic E-state index is 11.3. The molecule has 0 aliphatic heterocycles. The number of ether oxygens (including phenoxy) is 1. The van der Waals surface area contributed by atoms with Gasteiger partial charge in [0, 0.05) is 29.6 Å². The molecule has 0 saturated carbocycles. The Bertz CT molecular complexity index is 310. The van der Waals surface area contributed by atoms with E-state index in [1.807, 2.05) is 0 Å². The van der Waals surface area contributed by atoms with Gasteiger partial charge in [-0.25, -0.2) is 4.79 Å². The quantitative estimate of drug-likeness (QED) is 0.586. The Hall–Kier alpha value is -0.510. The molecule has 0 amide bonds. The third kappa shape index (κ3) is 3.70. The van der Waals surface area contributed by atoms with Crippen molar-refractivity contribution in [1.82, 2.24) is 0 Å². The van der Waals surface area contributed by atoms with E-state index in [1.165, 1.54) is 12.1 Å². The topological polar surface area (TPSA) is 46.5 Å². The number of para-hydroxylation sites is 1. The van der Waals surface area contributed by atoms with Gasteiger partial charge < -0.3 is 9.84 Å². The van der Waals surface area contributed by atoms with Gasteiger partial charge in [-0.05, 0) is 26.0 Å². The third-order valence-corrected chi connectivity index (χ3v) is 1.47. The van der Waals surface area contributed by atoms with Crippen LogP contribution in [0, 0.1) is 0 Å². The molecule has 0 atom stereocenters. The zero-order valence-corrected chi connectivity index (χ0v) is 10.7. The van der Waals surface area contributed by atoms with Crippen molar-refractivity contribution >= 4 is 35.5 Å². The van der Waals surface area contributed by atoms with E-state index in [0.717, 1.165) is 0 Å². The molecule has 0 aromatic heterocycles. The average molecular weight is 203 g/mol. The molecule has 14 heavy (non-hydrogen) atoms. The first-order valence-corrected chi connectivity index (χ1v) is 4.10. The van der Waals surface area contributed by atoms with Crippen LogP contribution in [0.3, 0.4) is 0 Å². The molecule has 1 rings (SSSR count). The summed E-state index contributed by atoms with van der Waals surface area (Å²) in [6, 6.07) is 6.31. The number of carbonyl (C=O) groups excluding carboxylic acids is 1. The molecule has 0 saturated heterocycles. The molecule has 1 radical (unpaired) electrons. The van der Waals surface area contributed by atoms with Crippen molar-refractivity contribution < 1.29 is 14.6 Å². The first-order chi connectivity index (χ1) is 6.11. The van der Waals surface area contributed by atoms with Crippen LogP contribution in [0.15, 0.2) is 24.3 Å². The number of carbonyl (C=O) groups is 1. The van der Waals surface area contributed by atoms with E-state index in [9.17, 15) is 9.90 Å². The van der Waals surface area contributed by atoms with Crippen LogP contribution in [-0.2, 0) is 4.74 Å². The molecule has 0 spiro atoms. The number of hydrogen-bond acceptors (Lipinski definition) is 3. The second-order valence-corrected chi connectivity index (χ2v) is 2.97. The Balaban J connectivity index is 0.00000169. The Morgan fingerprint density at radius 1 is 1.36 bits per heavy atom. The minimum atomic E-state index is -0.492. The fourth-order valence-electron chi connectivity index (χ4n) is 0.924. The van der Waals surface area contributed by atoms with Gasteiger partial charge in [0.1, 0.15) is 11.3 Å². The SMILES string of the molecule is CC(C)OC(=O)c1ccccc1O.[Na]. The predicted octanol–water partition coefficient (Wildman–Crippen LogP) is 1.58. The molecule has 71 valence electrons. The minimum Gasteiger partial charge on any atom is -0.507 e. The Kier molecular flexibility index (Phi) is 5.84. The monoisotopic (exact) mass is 203 g/mol. The van der Waals surface area contributed by atoms with Gasteiger partial charge in [0.05, 0.1) is 6.10 Å². The molecule has 0 heterocycles. The second kappa shape index (κ2) is 6.06. The average Bonchev–Trinajstić information content (AvgIpc) is 2.03. The van der Waals surface area contributed by atoms with E-state index < -0.39 is 5.97 Å². The van der Waals surface area contributed by atoms with Gasteiger partial charge in [0.15, 0.2) is 0 Å². The summed E-state index contributed by atoms with van der Waals surface area (Å²) in [7, 11) is 0. The van der Waals surface area contributed by atoms with Gasteiger partial charge in [-0.3, -0.25) is 0 Å². The fourth-order valence-corrected chi connectivity index (χ4v) is 0.924. The second-order valence-electron chi connectivity index (χ2n) is 2.97. The van der Waals surface area contributed by atoms with Crippen LogP contribution in [0.1, 0.15) is 24.2 Å². The van der Waals surface area contributed by atoms with Crippen LogP contribution in [0.2, 0.25) is 0 Å². The smallest absolute Gasteiger partial charge is 0.342 e. The summed E-state index contributed by atoms with van der Waals surface area (Å²) >= 11 is 0.